The molecule has 0 saturated heterocycles. The molecule has 2 aromatic rings. The molecule has 0 atom stereocenters. The van der Waals surface area contributed by atoms with Crippen molar-refractivity contribution in [1.29, 1.82) is 0 Å². The molecule has 0 spiro atoms. The second-order valence-corrected chi connectivity index (χ2v) is 11.3. The van der Waals surface area contributed by atoms with Gasteiger partial charge in [0.25, 0.3) is 0 Å². The second kappa shape index (κ2) is 7.80. The van der Waals surface area contributed by atoms with Gasteiger partial charge in [-0.3, -0.25) is 0 Å². The van der Waals surface area contributed by atoms with Crippen molar-refractivity contribution < 1.29 is 31.4 Å². The Labute approximate surface area is 175 Å². The van der Waals surface area contributed by atoms with Crippen LogP contribution in [0.5, 0.6) is 11.5 Å². The van der Waals surface area contributed by atoms with E-state index >= 15 is 0 Å². The van der Waals surface area contributed by atoms with Crippen LogP contribution in [0.3, 0.4) is 0 Å². The van der Waals surface area contributed by atoms with Crippen LogP contribution in [0.15, 0.2) is 41.3 Å². The molecule has 30 heavy (non-hydrogen) atoms. The number of ether oxygens (including phenoxy) is 1. The van der Waals surface area contributed by atoms with E-state index in [4.69, 9.17) is 0 Å². The third-order valence-corrected chi connectivity index (χ3v) is 6.24. The number of hydrogen-bond donors (Lipinski definition) is 1. The van der Waals surface area contributed by atoms with Crippen LogP contribution in [-0.4, -0.2) is 19.9 Å². The van der Waals surface area contributed by atoms with Crippen molar-refractivity contribution in [2.75, 3.05) is 0 Å². The smallest absolute Gasteiger partial charge is 0.507 e. The van der Waals surface area contributed by atoms with Gasteiger partial charge < -0.3 is 9.84 Å². The fourth-order valence-corrected chi connectivity index (χ4v) is 4.41. The summed E-state index contributed by atoms with van der Waals surface area (Å²) >= 11 is 0. The van der Waals surface area contributed by atoms with Crippen molar-refractivity contribution >= 4 is 9.84 Å². The maximum Gasteiger partial charge on any atom is 0.573 e. The van der Waals surface area contributed by atoms with Gasteiger partial charge in [-0.1, -0.05) is 53.7 Å². The molecule has 0 saturated carbocycles. The number of phenols is 1. The Kier molecular flexibility index (Phi) is 6.25. The number of alkyl halides is 3. The van der Waals surface area contributed by atoms with Crippen molar-refractivity contribution in [2.24, 2.45) is 0 Å². The number of benzene rings is 2. The van der Waals surface area contributed by atoms with Gasteiger partial charge in [-0.2, -0.15) is 0 Å². The molecule has 2 aromatic carbocycles. The van der Waals surface area contributed by atoms with Crippen molar-refractivity contribution in [3.63, 3.8) is 0 Å². The highest BCUT2D eigenvalue weighted by molar-refractivity contribution is 7.90. The Bertz CT molecular complexity index is 975. The fraction of sp³-hybridized carbons (Fsp3) is 0.455. The van der Waals surface area contributed by atoms with Gasteiger partial charge >= 0.3 is 6.36 Å². The Morgan fingerprint density at radius 3 is 1.67 bits per heavy atom. The summed E-state index contributed by atoms with van der Waals surface area (Å²) in [6.45, 7) is 11.3. The first-order valence-electron chi connectivity index (χ1n) is 9.35. The normalized spacial score (nSPS) is 13.4. The molecule has 0 amide bonds. The summed E-state index contributed by atoms with van der Waals surface area (Å²) < 4.78 is 66.9. The number of phenolic OH excluding ortho intramolecular Hbond substituents is 1. The fourth-order valence-electron chi connectivity index (χ4n) is 3.02. The quantitative estimate of drug-likeness (QED) is 0.642. The van der Waals surface area contributed by atoms with Gasteiger partial charge in [-0.05, 0) is 40.7 Å². The average molecular weight is 445 g/mol. The summed E-state index contributed by atoms with van der Waals surface area (Å²) in [5, 5.41) is 10.8. The third kappa shape index (κ3) is 5.90. The topological polar surface area (TPSA) is 63.6 Å². The minimum absolute atomic E-state index is 0.0609. The number of sulfone groups is 1. The van der Waals surface area contributed by atoms with E-state index in [1.54, 1.807) is 0 Å². The monoisotopic (exact) mass is 444 g/mol. The molecule has 4 nitrogen and oxygen atoms in total. The predicted octanol–water partition coefficient (Wildman–Crippen LogP) is 5.86. The minimum Gasteiger partial charge on any atom is -0.507 e. The Morgan fingerprint density at radius 1 is 0.867 bits per heavy atom. The summed E-state index contributed by atoms with van der Waals surface area (Å²) in [6, 6.07) is 7.68. The van der Waals surface area contributed by atoms with Gasteiger partial charge in [0, 0.05) is 11.1 Å². The van der Waals surface area contributed by atoms with Crippen LogP contribution in [0, 0.1) is 0 Å². The summed E-state index contributed by atoms with van der Waals surface area (Å²) in [5.74, 6) is -0.738. The lowest BCUT2D eigenvalue weighted by Crippen LogP contribution is -2.19. The third-order valence-electron chi connectivity index (χ3n) is 4.57. The molecular weight excluding hydrogens is 417 g/mol. The van der Waals surface area contributed by atoms with Crippen LogP contribution < -0.4 is 4.74 Å². The van der Waals surface area contributed by atoms with Crippen LogP contribution >= 0.6 is 0 Å². The molecular formula is C22H27F3O4S. The molecule has 8 heteroatoms. The zero-order valence-corrected chi connectivity index (χ0v) is 18.7. The molecule has 166 valence electrons. The largest absolute Gasteiger partial charge is 0.573 e. The molecule has 0 fully saturated rings. The molecule has 0 heterocycles. The molecule has 2 rings (SSSR count). The van der Waals surface area contributed by atoms with Gasteiger partial charge in [0.2, 0.25) is 0 Å². The number of halogens is 3. The number of hydrogen-bond acceptors (Lipinski definition) is 4. The first-order chi connectivity index (χ1) is 13.4. The van der Waals surface area contributed by atoms with Gasteiger partial charge in [-0.15, -0.1) is 13.2 Å². The van der Waals surface area contributed by atoms with Gasteiger partial charge in [0.1, 0.15) is 11.5 Å². The van der Waals surface area contributed by atoms with Crippen molar-refractivity contribution in [1.82, 2.24) is 0 Å². The Morgan fingerprint density at radius 2 is 1.30 bits per heavy atom. The zero-order valence-electron chi connectivity index (χ0n) is 17.9. The average Bonchev–Trinajstić information content (AvgIpc) is 2.53. The molecule has 0 aliphatic rings. The van der Waals surface area contributed by atoms with E-state index in [-0.39, 0.29) is 10.6 Å². The van der Waals surface area contributed by atoms with Crippen molar-refractivity contribution in [3.05, 3.63) is 53.1 Å². The molecule has 1 N–H and O–H groups in total. The highest BCUT2D eigenvalue weighted by Gasteiger charge is 2.31. The van der Waals surface area contributed by atoms with E-state index in [0.29, 0.717) is 16.7 Å². The van der Waals surface area contributed by atoms with Gasteiger partial charge in [0.15, 0.2) is 9.84 Å². The van der Waals surface area contributed by atoms with E-state index in [1.807, 2.05) is 41.5 Å². The molecule has 0 aliphatic heterocycles. The van der Waals surface area contributed by atoms with Gasteiger partial charge in [0.05, 0.1) is 10.6 Å². The minimum atomic E-state index is -4.81. The standard InChI is InChI=1S/C22H27F3O4S/c1-20(2,3)17-11-16(12-18(19(17)26)21(4,5)6)30(27,28)13-14-7-9-15(10-8-14)29-22(23,24)25/h7-12,26H,13H2,1-6H3. The Hall–Kier alpha value is -2.22. The van der Waals surface area contributed by atoms with Crippen LogP contribution in [0.2, 0.25) is 0 Å². The molecule has 0 aromatic heterocycles. The first-order valence-corrected chi connectivity index (χ1v) is 11.0. The summed E-state index contributed by atoms with van der Waals surface area (Å²) in [6.07, 6.45) is -4.81. The van der Waals surface area contributed by atoms with Gasteiger partial charge in [-0.25, -0.2) is 8.42 Å². The lowest BCUT2D eigenvalue weighted by Gasteiger charge is -2.28. The maximum atomic E-state index is 13.1. The SMILES string of the molecule is CC(C)(C)c1cc(S(=O)(=O)Cc2ccc(OC(F)(F)F)cc2)cc(C(C)(C)C)c1O. The second-order valence-electron chi connectivity index (χ2n) is 9.32. The zero-order chi connectivity index (χ0) is 23.1. The Balaban J connectivity index is 2.47. The van der Waals surface area contributed by atoms with Crippen LogP contribution in [-0.2, 0) is 26.4 Å². The molecule has 0 bridgehead atoms. The molecule has 0 aliphatic carbocycles. The summed E-state index contributed by atoms with van der Waals surface area (Å²) in [4.78, 5) is 0.0609. The van der Waals surface area contributed by atoms with Crippen LogP contribution in [0.25, 0.3) is 0 Å². The summed E-state index contributed by atoms with van der Waals surface area (Å²) in [5.41, 5.74) is 0.371. The summed E-state index contributed by atoms with van der Waals surface area (Å²) in [7, 11) is -3.82. The van der Waals surface area contributed by atoms with E-state index < -0.39 is 38.5 Å². The number of rotatable bonds is 4. The lowest BCUT2D eigenvalue weighted by atomic mass is 9.79. The maximum absolute atomic E-state index is 13.1. The highest BCUT2D eigenvalue weighted by atomic mass is 32.2. The van der Waals surface area contributed by atoms with Crippen LogP contribution in [0.1, 0.15) is 58.2 Å². The number of aromatic hydroxyl groups is 1. The van der Waals surface area contributed by atoms with E-state index in [9.17, 15) is 26.7 Å². The molecule has 0 radical (unpaired) electrons. The van der Waals surface area contributed by atoms with E-state index in [0.717, 1.165) is 12.1 Å². The first kappa shape index (κ1) is 24.1. The highest BCUT2D eigenvalue weighted by Crippen LogP contribution is 2.41. The lowest BCUT2D eigenvalue weighted by molar-refractivity contribution is -0.274. The van der Waals surface area contributed by atoms with E-state index in [2.05, 4.69) is 4.74 Å². The molecule has 0 unspecified atom stereocenters. The van der Waals surface area contributed by atoms with Crippen molar-refractivity contribution in [3.8, 4) is 11.5 Å². The van der Waals surface area contributed by atoms with Crippen LogP contribution in [0.4, 0.5) is 13.2 Å². The van der Waals surface area contributed by atoms with Crippen molar-refractivity contribution in [2.45, 2.75) is 69.4 Å². The van der Waals surface area contributed by atoms with E-state index in [1.165, 1.54) is 24.3 Å². The predicted molar refractivity (Wildman–Crippen MR) is 110 cm³/mol.